The van der Waals surface area contributed by atoms with Gasteiger partial charge in [-0.1, -0.05) is 0 Å². The van der Waals surface area contributed by atoms with E-state index < -0.39 is 10.0 Å². The number of H-pyrrole nitrogens is 1. The van der Waals surface area contributed by atoms with Crippen LogP contribution in [0.5, 0.6) is 5.75 Å². The van der Waals surface area contributed by atoms with E-state index in [1.807, 2.05) is 0 Å². The van der Waals surface area contributed by atoms with Crippen LogP contribution in [-0.2, 0) is 16.6 Å². The van der Waals surface area contributed by atoms with Gasteiger partial charge in [-0.3, -0.25) is 4.79 Å². The van der Waals surface area contributed by atoms with E-state index in [1.54, 1.807) is 30.5 Å². The summed E-state index contributed by atoms with van der Waals surface area (Å²) in [5.41, 5.74) is 1.03. The first-order valence-corrected chi connectivity index (χ1v) is 9.72. The lowest BCUT2D eigenvalue weighted by molar-refractivity contribution is 0.411. The van der Waals surface area contributed by atoms with Crippen molar-refractivity contribution < 1.29 is 13.2 Å². The number of ether oxygens (including phenoxy) is 1. The molecule has 1 aromatic carbocycles. The molecule has 3 rings (SSSR count). The molecule has 1 N–H and O–H groups in total. The molecule has 2 aromatic heterocycles. The average molecular weight is 379 g/mol. The van der Waals surface area contributed by atoms with Crippen LogP contribution in [0, 0.1) is 6.92 Å². The molecule has 3 aromatic rings. The third-order valence-corrected chi connectivity index (χ3v) is 6.51. The van der Waals surface area contributed by atoms with E-state index in [0.717, 1.165) is 9.87 Å². The number of aromatic amines is 1. The molecule has 0 saturated carbocycles. The highest BCUT2D eigenvalue weighted by molar-refractivity contribution is 7.89. The highest BCUT2D eigenvalue weighted by Crippen LogP contribution is 2.24. The van der Waals surface area contributed by atoms with E-state index in [9.17, 15) is 13.2 Å². The second kappa shape index (κ2) is 6.58. The van der Waals surface area contributed by atoms with E-state index >= 15 is 0 Å². The Balaban J connectivity index is 1.91. The van der Waals surface area contributed by atoms with Gasteiger partial charge in [-0.2, -0.15) is 4.31 Å². The van der Waals surface area contributed by atoms with E-state index in [4.69, 9.17) is 4.74 Å². The molecule has 0 aliphatic carbocycles. The Labute approximate surface area is 149 Å². The fourth-order valence-corrected chi connectivity index (χ4v) is 4.43. The van der Waals surface area contributed by atoms with Crippen LogP contribution < -0.4 is 10.3 Å². The average Bonchev–Trinajstić information content (AvgIpc) is 3.03. The van der Waals surface area contributed by atoms with Crippen molar-refractivity contribution in [1.29, 1.82) is 0 Å². The molecule has 0 aliphatic rings. The monoisotopic (exact) mass is 379 g/mol. The number of hydrogen-bond donors (Lipinski definition) is 1. The first kappa shape index (κ1) is 17.6. The molecule has 0 amide bonds. The zero-order valence-electron chi connectivity index (χ0n) is 13.9. The van der Waals surface area contributed by atoms with Crippen molar-refractivity contribution in [3.63, 3.8) is 0 Å². The van der Waals surface area contributed by atoms with Gasteiger partial charge in [0.2, 0.25) is 10.0 Å². The third-order valence-electron chi connectivity index (χ3n) is 3.81. The smallest absolute Gasteiger partial charge is 0.268 e. The van der Waals surface area contributed by atoms with Gasteiger partial charge in [0.15, 0.2) is 0 Å². The van der Waals surface area contributed by atoms with Crippen molar-refractivity contribution in [2.75, 3.05) is 14.2 Å². The summed E-state index contributed by atoms with van der Waals surface area (Å²) in [5, 5.41) is 1.78. The third kappa shape index (κ3) is 3.30. The van der Waals surface area contributed by atoms with Gasteiger partial charge in [-0.25, -0.2) is 13.4 Å². The maximum atomic E-state index is 12.8. The Kier molecular flexibility index (Phi) is 4.63. The molecular weight excluding hydrogens is 362 g/mol. The Morgan fingerprint density at radius 3 is 2.76 bits per heavy atom. The summed E-state index contributed by atoms with van der Waals surface area (Å²) in [6.45, 7) is 1.75. The topological polar surface area (TPSA) is 92.4 Å². The second-order valence-corrected chi connectivity index (χ2v) is 8.50. The number of aromatic nitrogens is 2. The minimum absolute atomic E-state index is 0.0333. The SMILES string of the molecule is COc1ccc(S(=O)(=O)N(C)Cc2nc3ccsc3c(=O)[nH]2)cc1C. The van der Waals surface area contributed by atoms with E-state index in [2.05, 4.69) is 9.97 Å². The predicted molar refractivity (Wildman–Crippen MR) is 96.6 cm³/mol. The number of rotatable bonds is 5. The summed E-state index contributed by atoms with van der Waals surface area (Å²) in [6, 6.07) is 6.41. The second-order valence-electron chi connectivity index (χ2n) is 5.54. The molecule has 25 heavy (non-hydrogen) atoms. The van der Waals surface area contributed by atoms with Crippen molar-refractivity contribution >= 4 is 31.6 Å². The quantitative estimate of drug-likeness (QED) is 0.733. The molecule has 0 aliphatic heterocycles. The zero-order valence-corrected chi connectivity index (χ0v) is 15.6. The van der Waals surface area contributed by atoms with Crippen LogP contribution in [0.1, 0.15) is 11.4 Å². The Hall–Kier alpha value is -2.23. The maximum Gasteiger partial charge on any atom is 0.268 e. The van der Waals surface area contributed by atoms with Crippen molar-refractivity contribution in [2.45, 2.75) is 18.4 Å². The number of fused-ring (bicyclic) bond motifs is 1. The molecular formula is C16H17N3O4S2. The number of hydrogen-bond acceptors (Lipinski definition) is 6. The molecule has 7 nitrogen and oxygen atoms in total. The number of thiophene rings is 1. The summed E-state index contributed by atoms with van der Waals surface area (Å²) in [7, 11) is -0.735. The summed E-state index contributed by atoms with van der Waals surface area (Å²) in [4.78, 5) is 19.1. The van der Waals surface area contributed by atoms with Crippen LogP contribution in [0.4, 0.5) is 0 Å². The minimum Gasteiger partial charge on any atom is -0.496 e. The largest absolute Gasteiger partial charge is 0.496 e. The van der Waals surface area contributed by atoms with Crippen molar-refractivity contribution in [1.82, 2.24) is 14.3 Å². The molecule has 0 fully saturated rings. The zero-order chi connectivity index (χ0) is 18.2. The number of nitrogens with one attached hydrogen (secondary N) is 1. The van der Waals surface area contributed by atoms with Crippen LogP contribution in [0.25, 0.3) is 10.2 Å². The summed E-state index contributed by atoms with van der Waals surface area (Å²) >= 11 is 1.30. The van der Waals surface area contributed by atoms with Crippen LogP contribution in [-0.4, -0.2) is 36.8 Å². The summed E-state index contributed by atoms with van der Waals surface area (Å²) < 4.78 is 32.4. The number of aryl methyl sites for hydroxylation is 1. The van der Waals surface area contributed by atoms with Gasteiger partial charge in [-0.15, -0.1) is 11.3 Å². The van der Waals surface area contributed by atoms with Crippen LogP contribution in [0.2, 0.25) is 0 Å². The maximum absolute atomic E-state index is 12.8. The van der Waals surface area contributed by atoms with Gasteiger partial charge in [0.25, 0.3) is 5.56 Å². The molecule has 9 heteroatoms. The fraction of sp³-hybridized carbons (Fsp3) is 0.250. The van der Waals surface area contributed by atoms with Gasteiger partial charge in [0, 0.05) is 7.05 Å². The van der Waals surface area contributed by atoms with Gasteiger partial charge in [0.05, 0.1) is 24.1 Å². The lowest BCUT2D eigenvalue weighted by Gasteiger charge is -2.17. The Morgan fingerprint density at radius 2 is 2.08 bits per heavy atom. The molecule has 2 heterocycles. The first-order valence-electron chi connectivity index (χ1n) is 7.40. The van der Waals surface area contributed by atoms with E-state index in [0.29, 0.717) is 21.8 Å². The molecule has 0 unspecified atom stereocenters. The van der Waals surface area contributed by atoms with Gasteiger partial charge < -0.3 is 9.72 Å². The van der Waals surface area contributed by atoms with Crippen molar-refractivity contribution in [3.8, 4) is 5.75 Å². The summed E-state index contributed by atoms with van der Waals surface area (Å²) in [5.74, 6) is 0.919. The van der Waals surface area contributed by atoms with Gasteiger partial charge >= 0.3 is 0 Å². The number of nitrogens with zero attached hydrogens (tertiary/aromatic N) is 2. The molecule has 0 saturated heterocycles. The standard InChI is InChI=1S/C16H17N3O4S2/c1-10-8-11(4-5-13(10)23-3)25(21,22)19(2)9-14-17-12-6-7-24-15(12)16(20)18-14/h4-8H,9H2,1-3H3,(H,17,18,20). The van der Waals surface area contributed by atoms with E-state index in [1.165, 1.54) is 31.6 Å². The van der Waals surface area contributed by atoms with Crippen molar-refractivity contribution in [2.24, 2.45) is 0 Å². The van der Waals surface area contributed by atoms with E-state index in [-0.39, 0.29) is 17.0 Å². The van der Waals surface area contributed by atoms with Gasteiger partial charge in [0.1, 0.15) is 16.3 Å². The Morgan fingerprint density at radius 1 is 1.32 bits per heavy atom. The predicted octanol–water partition coefficient (Wildman–Crippen LogP) is 2.12. The highest BCUT2D eigenvalue weighted by Gasteiger charge is 2.23. The number of sulfonamides is 1. The number of benzene rings is 1. The fourth-order valence-electron chi connectivity index (χ4n) is 2.48. The molecule has 132 valence electrons. The van der Waals surface area contributed by atoms with Gasteiger partial charge in [-0.05, 0) is 42.1 Å². The Bertz CT molecular complexity index is 1090. The van der Waals surface area contributed by atoms with Crippen molar-refractivity contribution in [3.05, 3.63) is 51.4 Å². The lowest BCUT2D eigenvalue weighted by atomic mass is 10.2. The highest BCUT2D eigenvalue weighted by atomic mass is 32.2. The van der Waals surface area contributed by atoms with Crippen LogP contribution in [0.15, 0.2) is 39.3 Å². The molecule has 0 radical (unpaired) electrons. The molecule has 0 bridgehead atoms. The minimum atomic E-state index is -3.72. The van der Waals surface area contributed by atoms with Crippen LogP contribution in [0.3, 0.4) is 0 Å². The lowest BCUT2D eigenvalue weighted by Crippen LogP contribution is -2.28. The normalized spacial score (nSPS) is 12.0. The molecule has 0 atom stereocenters. The summed E-state index contributed by atoms with van der Waals surface area (Å²) in [6.07, 6.45) is 0. The number of methoxy groups -OCH3 is 1. The first-order chi connectivity index (χ1) is 11.8. The van der Waals surface area contributed by atoms with Crippen LogP contribution >= 0.6 is 11.3 Å². The molecule has 0 spiro atoms.